The van der Waals surface area contributed by atoms with Gasteiger partial charge in [0.1, 0.15) is 5.82 Å². The number of carbonyl (C=O) groups is 1. The maximum absolute atomic E-state index is 13.7. The molecule has 21 heavy (non-hydrogen) atoms. The van der Waals surface area contributed by atoms with Gasteiger partial charge in [-0.05, 0) is 24.6 Å². The lowest BCUT2D eigenvalue weighted by Gasteiger charge is -2.20. The van der Waals surface area contributed by atoms with Crippen LogP contribution in [-0.4, -0.2) is 18.7 Å². The normalized spacial score (nSPS) is 14.0. The minimum absolute atomic E-state index is 0. The Morgan fingerprint density at radius 2 is 1.95 bits per heavy atom. The van der Waals surface area contributed by atoms with E-state index in [0.717, 1.165) is 0 Å². The molecule has 1 aromatic carbocycles. The first-order valence-electron chi connectivity index (χ1n) is 5.61. The summed E-state index contributed by atoms with van der Waals surface area (Å²) in [4.78, 5) is 11.2. The van der Waals surface area contributed by atoms with Gasteiger partial charge in [-0.2, -0.15) is 13.2 Å². The van der Waals surface area contributed by atoms with Gasteiger partial charge in [0.25, 0.3) is 0 Å². The van der Waals surface area contributed by atoms with Gasteiger partial charge in [-0.15, -0.1) is 12.4 Å². The SMILES string of the molecule is CCOC(=O)C(F)[C@H](N)c1ccc(F)cc1C(F)(F)F.Cl. The number of nitrogens with two attached hydrogens (primary N) is 1. The minimum Gasteiger partial charge on any atom is -0.464 e. The molecule has 120 valence electrons. The number of halogens is 6. The van der Waals surface area contributed by atoms with Crippen molar-refractivity contribution in [2.24, 2.45) is 5.73 Å². The average molecular weight is 334 g/mol. The second-order valence-electron chi connectivity index (χ2n) is 3.91. The summed E-state index contributed by atoms with van der Waals surface area (Å²) in [5.41, 5.74) is 3.19. The van der Waals surface area contributed by atoms with Gasteiger partial charge >= 0.3 is 12.1 Å². The van der Waals surface area contributed by atoms with Crippen molar-refractivity contribution in [1.29, 1.82) is 0 Å². The monoisotopic (exact) mass is 333 g/mol. The smallest absolute Gasteiger partial charge is 0.416 e. The topological polar surface area (TPSA) is 52.3 Å². The van der Waals surface area contributed by atoms with Crippen molar-refractivity contribution < 1.29 is 31.5 Å². The molecule has 3 nitrogen and oxygen atoms in total. The Morgan fingerprint density at radius 3 is 2.43 bits per heavy atom. The molecule has 1 aromatic rings. The Kier molecular flexibility index (Phi) is 7.05. The lowest BCUT2D eigenvalue weighted by molar-refractivity contribution is -0.150. The summed E-state index contributed by atoms with van der Waals surface area (Å²) in [6.45, 7) is 1.27. The first-order chi connectivity index (χ1) is 9.18. The van der Waals surface area contributed by atoms with E-state index in [1.165, 1.54) is 6.92 Å². The number of hydrogen-bond donors (Lipinski definition) is 1. The number of rotatable bonds is 4. The Bertz CT molecular complexity index is 495. The highest BCUT2D eigenvalue weighted by molar-refractivity contribution is 5.85. The van der Waals surface area contributed by atoms with Gasteiger partial charge in [0.05, 0.1) is 18.2 Å². The zero-order chi connectivity index (χ0) is 15.5. The van der Waals surface area contributed by atoms with Crippen molar-refractivity contribution in [3.05, 3.63) is 35.1 Å². The Morgan fingerprint density at radius 1 is 1.38 bits per heavy atom. The number of alkyl halides is 4. The zero-order valence-corrected chi connectivity index (χ0v) is 11.6. The third-order valence-electron chi connectivity index (χ3n) is 2.51. The van der Waals surface area contributed by atoms with Gasteiger partial charge in [0.15, 0.2) is 0 Å². The summed E-state index contributed by atoms with van der Waals surface area (Å²) < 4.78 is 69.1. The highest BCUT2D eigenvalue weighted by atomic mass is 35.5. The highest BCUT2D eigenvalue weighted by Crippen LogP contribution is 2.35. The van der Waals surface area contributed by atoms with Gasteiger partial charge in [-0.1, -0.05) is 6.07 Å². The minimum atomic E-state index is -4.91. The van der Waals surface area contributed by atoms with Crippen molar-refractivity contribution in [2.75, 3.05) is 6.61 Å². The van der Waals surface area contributed by atoms with Crippen LogP contribution >= 0.6 is 12.4 Å². The number of esters is 1. The van der Waals surface area contributed by atoms with Crippen LogP contribution in [0.1, 0.15) is 24.1 Å². The standard InChI is InChI=1S/C12H12F5NO2.ClH/c1-2-20-11(19)9(14)10(18)7-4-3-6(13)5-8(7)12(15,16)17;/h3-5,9-10H,2,18H2,1H3;1H/t9?,10-;/m1./s1. The number of carbonyl (C=O) groups excluding carboxylic acids is 1. The molecular weight excluding hydrogens is 321 g/mol. The van der Waals surface area contributed by atoms with E-state index < -0.39 is 41.3 Å². The molecule has 0 amide bonds. The van der Waals surface area contributed by atoms with E-state index in [4.69, 9.17) is 5.73 Å². The summed E-state index contributed by atoms with van der Waals surface area (Å²) >= 11 is 0. The fraction of sp³-hybridized carbons (Fsp3) is 0.417. The van der Waals surface area contributed by atoms with Crippen LogP contribution in [0.5, 0.6) is 0 Å². The predicted octanol–water partition coefficient (Wildman–Crippen LogP) is 3.17. The molecular formula is C12H13ClF5NO2. The van der Waals surface area contributed by atoms with Gasteiger partial charge < -0.3 is 10.5 Å². The molecule has 0 saturated heterocycles. The summed E-state index contributed by atoms with van der Waals surface area (Å²) in [6.07, 6.45) is -7.38. The van der Waals surface area contributed by atoms with Crippen molar-refractivity contribution in [2.45, 2.75) is 25.3 Å². The molecule has 0 saturated carbocycles. The van der Waals surface area contributed by atoms with Crippen molar-refractivity contribution in [1.82, 2.24) is 0 Å². The molecule has 0 aliphatic carbocycles. The maximum Gasteiger partial charge on any atom is 0.416 e. The van der Waals surface area contributed by atoms with Crippen LogP contribution in [0, 0.1) is 5.82 Å². The van der Waals surface area contributed by atoms with Crippen LogP contribution in [-0.2, 0) is 15.7 Å². The Balaban J connectivity index is 0.00000400. The van der Waals surface area contributed by atoms with E-state index in [-0.39, 0.29) is 25.1 Å². The molecule has 0 aliphatic heterocycles. The van der Waals surface area contributed by atoms with Crippen LogP contribution in [0.4, 0.5) is 22.0 Å². The molecule has 0 aromatic heterocycles. The average Bonchev–Trinajstić information content (AvgIpc) is 2.36. The summed E-state index contributed by atoms with van der Waals surface area (Å²) in [5, 5.41) is 0. The molecule has 0 heterocycles. The number of benzene rings is 1. The van der Waals surface area contributed by atoms with Crippen LogP contribution in [0.25, 0.3) is 0 Å². The first-order valence-corrected chi connectivity index (χ1v) is 5.61. The van der Waals surface area contributed by atoms with E-state index in [9.17, 15) is 26.7 Å². The fourth-order valence-electron chi connectivity index (χ4n) is 1.59. The largest absolute Gasteiger partial charge is 0.464 e. The van der Waals surface area contributed by atoms with Crippen LogP contribution in [0.15, 0.2) is 18.2 Å². The zero-order valence-electron chi connectivity index (χ0n) is 10.8. The third kappa shape index (κ3) is 4.82. The van der Waals surface area contributed by atoms with Gasteiger partial charge in [0.2, 0.25) is 6.17 Å². The van der Waals surface area contributed by atoms with Gasteiger partial charge in [-0.3, -0.25) is 0 Å². The van der Waals surface area contributed by atoms with Gasteiger partial charge in [0, 0.05) is 0 Å². The van der Waals surface area contributed by atoms with E-state index in [2.05, 4.69) is 4.74 Å². The third-order valence-corrected chi connectivity index (χ3v) is 2.51. The van der Waals surface area contributed by atoms with E-state index in [1.807, 2.05) is 0 Å². The quantitative estimate of drug-likeness (QED) is 0.680. The lowest BCUT2D eigenvalue weighted by atomic mass is 9.97. The van der Waals surface area contributed by atoms with Crippen molar-refractivity contribution >= 4 is 18.4 Å². The predicted molar refractivity (Wildman–Crippen MR) is 67.1 cm³/mol. The lowest BCUT2D eigenvalue weighted by Crippen LogP contribution is -2.33. The molecule has 0 spiro atoms. The molecule has 1 unspecified atom stereocenters. The number of ether oxygens (including phenoxy) is 1. The van der Waals surface area contributed by atoms with Crippen molar-refractivity contribution in [3.8, 4) is 0 Å². The van der Waals surface area contributed by atoms with Crippen LogP contribution in [0.3, 0.4) is 0 Å². The molecule has 0 radical (unpaired) electrons. The first kappa shape index (κ1) is 19.6. The summed E-state index contributed by atoms with van der Waals surface area (Å²) in [7, 11) is 0. The Labute approximate surface area is 123 Å². The molecule has 9 heteroatoms. The summed E-state index contributed by atoms with van der Waals surface area (Å²) in [6, 6.07) is -0.282. The van der Waals surface area contributed by atoms with Crippen molar-refractivity contribution in [3.63, 3.8) is 0 Å². The van der Waals surface area contributed by atoms with Crippen LogP contribution in [0.2, 0.25) is 0 Å². The van der Waals surface area contributed by atoms with E-state index in [0.29, 0.717) is 12.1 Å². The molecule has 0 aliphatic rings. The second-order valence-corrected chi connectivity index (χ2v) is 3.91. The summed E-state index contributed by atoms with van der Waals surface area (Å²) in [5.74, 6) is -2.50. The molecule has 0 fully saturated rings. The van der Waals surface area contributed by atoms with Crippen LogP contribution < -0.4 is 5.73 Å². The van der Waals surface area contributed by atoms with E-state index in [1.54, 1.807) is 0 Å². The second kappa shape index (κ2) is 7.56. The van der Waals surface area contributed by atoms with Gasteiger partial charge in [-0.25, -0.2) is 13.6 Å². The molecule has 2 atom stereocenters. The molecule has 1 rings (SSSR count). The number of hydrogen-bond acceptors (Lipinski definition) is 3. The molecule has 0 bridgehead atoms. The molecule has 2 N–H and O–H groups in total. The fourth-order valence-corrected chi connectivity index (χ4v) is 1.59. The highest BCUT2D eigenvalue weighted by Gasteiger charge is 2.38. The Hall–Kier alpha value is -1.41. The maximum atomic E-state index is 13.7. The van der Waals surface area contributed by atoms with E-state index >= 15 is 0 Å².